The summed E-state index contributed by atoms with van der Waals surface area (Å²) >= 11 is 0. The number of aromatic hydroxyl groups is 1. The zero-order chi connectivity index (χ0) is 23.9. The van der Waals surface area contributed by atoms with Crippen LogP contribution in [0.15, 0.2) is 30.3 Å². The molecule has 1 aliphatic heterocycles. The third kappa shape index (κ3) is 4.73. The fourth-order valence-corrected chi connectivity index (χ4v) is 4.97. The van der Waals surface area contributed by atoms with Gasteiger partial charge < -0.3 is 23.6 Å². The first-order valence-corrected chi connectivity index (χ1v) is 12.1. The van der Waals surface area contributed by atoms with Gasteiger partial charge in [0.25, 0.3) is 0 Å². The van der Waals surface area contributed by atoms with E-state index in [1.807, 2.05) is 71.9 Å². The Kier molecular flexibility index (Phi) is 6.54. The summed E-state index contributed by atoms with van der Waals surface area (Å²) < 4.78 is 35.3. The lowest BCUT2D eigenvalue weighted by atomic mass is 9.78. The molecule has 0 atom stereocenters. The number of fused-ring (bicyclic) bond motifs is 1. The number of rotatable bonds is 5. The zero-order valence-corrected chi connectivity index (χ0v) is 21.0. The second kappa shape index (κ2) is 8.58. The van der Waals surface area contributed by atoms with Crippen molar-refractivity contribution < 1.29 is 28.2 Å². The van der Waals surface area contributed by atoms with Crippen LogP contribution in [0.5, 0.6) is 17.2 Å². The summed E-state index contributed by atoms with van der Waals surface area (Å²) in [4.78, 5) is 0. The smallest absolute Gasteiger partial charge is 0.361 e. The highest BCUT2D eigenvalue weighted by atomic mass is 31.2. The molecule has 0 spiro atoms. The quantitative estimate of drug-likeness (QED) is 0.395. The van der Waals surface area contributed by atoms with Crippen LogP contribution in [0.3, 0.4) is 0 Å². The molecule has 2 aromatic carbocycles. The molecule has 0 aromatic heterocycles. The van der Waals surface area contributed by atoms with Crippen LogP contribution in [0.4, 0.5) is 0 Å². The lowest BCUT2D eigenvalue weighted by Crippen LogP contribution is -2.18. The van der Waals surface area contributed by atoms with Gasteiger partial charge in [-0.15, -0.1) is 0 Å². The fourth-order valence-electron chi connectivity index (χ4n) is 3.68. The molecular formula is C25H33O6P. The first kappa shape index (κ1) is 24.4. The first-order valence-electron chi connectivity index (χ1n) is 10.5. The van der Waals surface area contributed by atoms with Gasteiger partial charge in [-0.05, 0) is 52.3 Å². The standard InChI is InChI=1S/C25H33O6P/c1-24(2,3)18-13-17(14-19(23(18)26)25(4,5)6)22(32(27,28-7)29-8)12-16-9-10-20-21(11-16)31-15-30-20/h9-14,26H,15H2,1-8H3/b22-12+. The number of benzene rings is 2. The Morgan fingerprint density at radius 3 is 1.97 bits per heavy atom. The average molecular weight is 461 g/mol. The summed E-state index contributed by atoms with van der Waals surface area (Å²) in [6.07, 6.45) is 1.78. The lowest BCUT2D eigenvalue weighted by molar-refractivity contribution is 0.174. The van der Waals surface area contributed by atoms with Crippen LogP contribution in [0.25, 0.3) is 11.4 Å². The monoisotopic (exact) mass is 460 g/mol. The molecular weight excluding hydrogens is 427 g/mol. The SMILES string of the molecule is COP(=O)(OC)/C(=C/c1ccc2c(c1)OCO2)c1cc(C(C)(C)C)c(O)c(C(C)(C)C)c1. The molecule has 1 heterocycles. The third-order valence-electron chi connectivity index (χ3n) is 5.50. The van der Waals surface area contributed by atoms with E-state index in [9.17, 15) is 9.67 Å². The summed E-state index contributed by atoms with van der Waals surface area (Å²) in [5, 5.41) is 11.5. The largest absolute Gasteiger partial charge is 0.507 e. The van der Waals surface area contributed by atoms with Gasteiger partial charge in [0.15, 0.2) is 11.5 Å². The van der Waals surface area contributed by atoms with E-state index in [0.717, 1.165) is 16.7 Å². The summed E-state index contributed by atoms with van der Waals surface area (Å²) in [5.41, 5.74) is 2.27. The fraction of sp³-hybridized carbons (Fsp3) is 0.440. The predicted molar refractivity (Wildman–Crippen MR) is 128 cm³/mol. The second-order valence-electron chi connectivity index (χ2n) is 9.92. The second-order valence-corrected chi connectivity index (χ2v) is 12.1. The molecule has 7 heteroatoms. The van der Waals surface area contributed by atoms with E-state index in [2.05, 4.69) is 0 Å². The lowest BCUT2D eigenvalue weighted by Gasteiger charge is -2.29. The van der Waals surface area contributed by atoms with Crippen molar-refractivity contribution in [3.63, 3.8) is 0 Å². The van der Waals surface area contributed by atoms with Crippen LogP contribution in [0.1, 0.15) is 63.8 Å². The molecule has 2 aromatic rings. The van der Waals surface area contributed by atoms with Crippen molar-refractivity contribution in [2.75, 3.05) is 21.0 Å². The van der Waals surface area contributed by atoms with E-state index in [0.29, 0.717) is 22.4 Å². The number of phenols is 1. The molecule has 1 N–H and O–H groups in total. The van der Waals surface area contributed by atoms with Crippen LogP contribution >= 0.6 is 7.60 Å². The van der Waals surface area contributed by atoms with Gasteiger partial charge in [0.05, 0.1) is 5.31 Å². The maximum Gasteiger partial charge on any atom is 0.361 e. The Bertz CT molecular complexity index is 1050. The number of hydrogen-bond acceptors (Lipinski definition) is 6. The van der Waals surface area contributed by atoms with Crippen molar-refractivity contribution in [2.24, 2.45) is 0 Å². The molecule has 0 unspecified atom stereocenters. The number of ether oxygens (including phenoxy) is 2. The molecule has 174 valence electrons. The molecule has 0 radical (unpaired) electrons. The van der Waals surface area contributed by atoms with Crippen LogP contribution in [0, 0.1) is 0 Å². The molecule has 6 nitrogen and oxygen atoms in total. The highest BCUT2D eigenvalue weighted by Gasteiger charge is 2.33. The number of hydrogen-bond donors (Lipinski definition) is 1. The van der Waals surface area contributed by atoms with E-state index < -0.39 is 7.60 Å². The van der Waals surface area contributed by atoms with Gasteiger partial charge in [-0.25, -0.2) is 0 Å². The molecule has 0 saturated carbocycles. The van der Waals surface area contributed by atoms with Gasteiger partial charge in [0, 0.05) is 25.3 Å². The molecule has 32 heavy (non-hydrogen) atoms. The first-order chi connectivity index (χ1) is 14.8. The molecule has 0 amide bonds. The average Bonchev–Trinajstić information content (AvgIpc) is 3.18. The Morgan fingerprint density at radius 1 is 0.938 bits per heavy atom. The van der Waals surface area contributed by atoms with Gasteiger partial charge in [-0.2, -0.15) is 0 Å². The Balaban J connectivity index is 2.32. The van der Waals surface area contributed by atoms with E-state index in [1.54, 1.807) is 6.08 Å². The summed E-state index contributed by atoms with van der Waals surface area (Å²) in [7, 11) is -0.913. The van der Waals surface area contributed by atoms with Crippen molar-refractivity contribution in [3.05, 3.63) is 52.6 Å². The Labute approximate surface area is 190 Å². The molecule has 0 bridgehead atoms. The van der Waals surface area contributed by atoms with E-state index >= 15 is 0 Å². The van der Waals surface area contributed by atoms with Crippen LogP contribution in [-0.2, 0) is 24.4 Å². The normalized spacial score (nSPS) is 14.7. The minimum Gasteiger partial charge on any atom is -0.507 e. The highest BCUT2D eigenvalue weighted by Crippen LogP contribution is 2.61. The van der Waals surface area contributed by atoms with Crippen molar-refractivity contribution in [3.8, 4) is 17.2 Å². The minimum absolute atomic E-state index is 0.172. The van der Waals surface area contributed by atoms with E-state index in [1.165, 1.54) is 14.2 Å². The third-order valence-corrected chi connectivity index (χ3v) is 7.44. The maximum atomic E-state index is 13.7. The summed E-state index contributed by atoms with van der Waals surface area (Å²) in [6.45, 7) is 12.4. The number of phenolic OH excluding ortho intramolecular Hbond substituents is 1. The topological polar surface area (TPSA) is 74.2 Å². The van der Waals surface area contributed by atoms with Gasteiger partial charge in [-0.1, -0.05) is 47.6 Å². The molecule has 1 aliphatic rings. The maximum absolute atomic E-state index is 13.7. The van der Waals surface area contributed by atoms with Gasteiger partial charge >= 0.3 is 7.60 Å². The van der Waals surface area contributed by atoms with Gasteiger partial charge in [0.1, 0.15) is 5.75 Å². The Hall–Kier alpha value is -2.27. The summed E-state index contributed by atoms with van der Waals surface area (Å²) in [5.74, 6) is 1.54. The highest BCUT2D eigenvalue weighted by molar-refractivity contribution is 7.65. The zero-order valence-electron chi connectivity index (χ0n) is 20.1. The summed E-state index contributed by atoms with van der Waals surface area (Å²) in [6, 6.07) is 9.24. The van der Waals surface area contributed by atoms with Crippen LogP contribution in [0.2, 0.25) is 0 Å². The molecule has 0 aliphatic carbocycles. The molecule has 0 fully saturated rings. The minimum atomic E-state index is -3.65. The van der Waals surface area contributed by atoms with Gasteiger partial charge in [0.2, 0.25) is 6.79 Å². The predicted octanol–water partition coefficient (Wildman–Crippen LogP) is 6.70. The van der Waals surface area contributed by atoms with Crippen molar-refractivity contribution in [1.29, 1.82) is 0 Å². The molecule has 0 saturated heterocycles. The van der Waals surface area contributed by atoms with E-state index in [-0.39, 0.29) is 23.4 Å². The Morgan fingerprint density at radius 2 is 1.47 bits per heavy atom. The van der Waals surface area contributed by atoms with Crippen molar-refractivity contribution >= 4 is 19.0 Å². The van der Waals surface area contributed by atoms with Crippen LogP contribution in [-0.4, -0.2) is 26.1 Å². The van der Waals surface area contributed by atoms with Crippen LogP contribution < -0.4 is 9.47 Å². The van der Waals surface area contributed by atoms with E-state index in [4.69, 9.17) is 18.5 Å². The van der Waals surface area contributed by atoms with Crippen molar-refractivity contribution in [1.82, 2.24) is 0 Å². The molecule has 3 rings (SSSR count). The van der Waals surface area contributed by atoms with Gasteiger partial charge in [-0.3, -0.25) is 4.57 Å². The van der Waals surface area contributed by atoms with Crippen molar-refractivity contribution in [2.45, 2.75) is 52.4 Å².